The van der Waals surface area contributed by atoms with Crippen LogP contribution in [0.4, 0.5) is 0 Å². The van der Waals surface area contributed by atoms with Crippen molar-refractivity contribution in [2.75, 3.05) is 13.7 Å². The van der Waals surface area contributed by atoms with E-state index in [1.54, 1.807) is 7.11 Å². The lowest BCUT2D eigenvalue weighted by Gasteiger charge is -2.52. The summed E-state index contributed by atoms with van der Waals surface area (Å²) in [7, 11) is 1.79. The van der Waals surface area contributed by atoms with Crippen molar-refractivity contribution >= 4 is 0 Å². The van der Waals surface area contributed by atoms with Crippen molar-refractivity contribution in [3.8, 4) is 0 Å². The molecule has 3 atom stereocenters. The second-order valence-corrected chi connectivity index (χ2v) is 4.64. The van der Waals surface area contributed by atoms with Gasteiger partial charge in [-0.3, -0.25) is 0 Å². The van der Waals surface area contributed by atoms with Gasteiger partial charge in [-0.15, -0.1) is 0 Å². The highest BCUT2D eigenvalue weighted by molar-refractivity contribution is 5.03. The summed E-state index contributed by atoms with van der Waals surface area (Å²) in [6.07, 6.45) is 1.50. The Morgan fingerprint density at radius 2 is 2.23 bits per heavy atom. The second kappa shape index (κ2) is 3.95. The first kappa shape index (κ1) is 11.0. The van der Waals surface area contributed by atoms with Crippen LogP contribution in [0.2, 0.25) is 0 Å². The lowest BCUT2D eigenvalue weighted by molar-refractivity contribution is -0.0995. The van der Waals surface area contributed by atoms with Gasteiger partial charge in [0.15, 0.2) is 0 Å². The average molecular weight is 186 g/mol. The molecule has 0 saturated heterocycles. The van der Waals surface area contributed by atoms with E-state index < -0.39 is 0 Å². The number of nitrogens with one attached hydrogen (secondary N) is 1. The molecule has 3 unspecified atom stereocenters. The van der Waals surface area contributed by atoms with Crippen molar-refractivity contribution < 1.29 is 4.74 Å². The summed E-state index contributed by atoms with van der Waals surface area (Å²) >= 11 is 0. The van der Waals surface area contributed by atoms with E-state index in [0.29, 0.717) is 24.7 Å². The van der Waals surface area contributed by atoms with Crippen molar-refractivity contribution in [3.05, 3.63) is 0 Å². The second-order valence-electron chi connectivity index (χ2n) is 4.64. The van der Waals surface area contributed by atoms with E-state index in [9.17, 15) is 0 Å². The Balaban J connectivity index is 2.39. The smallest absolute Gasteiger partial charge is 0.0652 e. The van der Waals surface area contributed by atoms with Crippen molar-refractivity contribution in [1.82, 2.24) is 5.32 Å². The monoisotopic (exact) mass is 186 g/mol. The summed E-state index contributed by atoms with van der Waals surface area (Å²) in [5, 5.41) is 3.52. The van der Waals surface area contributed by atoms with E-state index in [-0.39, 0.29) is 5.41 Å². The maximum absolute atomic E-state index is 5.56. The lowest BCUT2D eigenvalue weighted by Crippen LogP contribution is -2.62. The minimum atomic E-state index is 0.248. The number of hydrogen-bond acceptors (Lipinski definition) is 3. The molecule has 0 spiro atoms. The maximum atomic E-state index is 5.56. The Morgan fingerprint density at radius 3 is 2.62 bits per heavy atom. The first-order valence-electron chi connectivity index (χ1n) is 5.01. The summed E-state index contributed by atoms with van der Waals surface area (Å²) in [5.41, 5.74) is 5.81. The zero-order valence-corrected chi connectivity index (χ0v) is 9.13. The fourth-order valence-corrected chi connectivity index (χ4v) is 1.98. The molecular weight excluding hydrogens is 164 g/mol. The number of nitrogens with two attached hydrogens (primary N) is 1. The Morgan fingerprint density at radius 1 is 1.62 bits per heavy atom. The fourth-order valence-electron chi connectivity index (χ4n) is 1.98. The molecule has 1 aliphatic rings. The van der Waals surface area contributed by atoms with Crippen LogP contribution < -0.4 is 11.1 Å². The van der Waals surface area contributed by atoms with Crippen molar-refractivity contribution in [1.29, 1.82) is 0 Å². The van der Waals surface area contributed by atoms with Crippen LogP contribution in [0.5, 0.6) is 0 Å². The molecule has 3 nitrogen and oxygen atoms in total. The van der Waals surface area contributed by atoms with Crippen LogP contribution >= 0.6 is 0 Å². The largest absolute Gasteiger partial charge is 0.381 e. The van der Waals surface area contributed by atoms with E-state index in [2.05, 4.69) is 26.1 Å². The van der Waals surface area contributed by atoms with E-state index in [4.69, 9.17) is 10.5 Å². The Hall–Kier alpha value is -0.120. The van der Waals surface area contributed by atoms with Crippen LogP contribution in [0.15, 0.2) is 0 Å². The van der Waals surface area contributed by atoms with Gasteiger partial charge in [-0.1, -0.05) is 13.8 Å². The molecule has 13 heavy (non-hydrogen) atoms. The van der Waals surface area contributed by atoms with Crippen LogP contribution in [0.25, 0.3) is 0 Å². The summed E-state index contributed by atoms with van der Waals surface area (Å²) in [4.78, 5) is 0. The van der Waals surface area contributed by atoms with Crippen molar-refractivity contribution in [2.24, 2.45) is 11.1 Å². The van der Waals surface area contributed by atoms with Gasteiger partial charge in [-0.05, 0) is 13.3 Å². The van der Waals surface area contributed by atoms with Crippen LogP contribution in [0.1, 0.15) is 27.2 Å². The number of methoxy groups -OCH3 is 1. The maximum Gasteiger partial charge on any atom is 0.0652 e. The molecule has 1 aliphatic carbocycles. The molecule has 78 valence electrons. The topological polar surface area (TPSA) is 47.3 Å². The molecule has 0 heterocycles. The number of hydrogen-bond donors (Lipinski definition) is 2. The van der Waals surface area contributed by atoms with Gasteiger partial charge in [-0.2, -0.15) is 0 Å². The third-order valence-electron chi connectivity index (χ3n) is 3.30. The molecule has 3 heteroatoms. The van der Waals surface area contributed by atoms with Gasteiger partial charge in [0.25, 0.3) is 0 Å². The molecule has 0 aromatic rings. The lowest BCUT2D eigenvalue weighted by atomic mass is 9.64. The van der Waals surface area contributed by atoms with Gasteiger partial charge < -0.3 is 15.8 Å². The molecule has 1 saturated carbocycles. The van der Waals surface area contributed by atoms with E-state index in [1.165, 1.54) is 0 Å². The zero-order valence-electron chi connectivity index (χ0n) is 9.13. The quantitative estimate of drug-likeness (QED) is 0.680. The summed E-state index contributed by atoms with van der Waals surface area (Å²) in [5.74, 6) is 0. The van der Waals surface area contributed by atoms with Gasteiger partial charge in [0.1, 0.15) is 0 Å². The molecular formula is C10H22N2O. The average Bonchev–Trinajstić information content (AvgIpc) is 2.10. The summed E-state index contributed by atoms with van der Waals surface area (Å²) in [6, 6.07) is 0.957. The molecule has 0 aromatic carbocycles. The highest BCUT2D eigenvalue weighted by Gasteiger charge is 2.48. The minimum absolute atomic E-state index is 0.248. The molecule has 3 N–H and O–H groups in total. The predicted octanol–water partition coefficient (Wildman–Crippen LogP) is 0.737. The van der Waals surface area contributed by atoms with Gasteiger partial charge in [-0.25, -0.2) is 0 Å². The minimum Gasteiger partial charge on any atom is -0.381 e. The van der Waals surface area contributed by atoms with Gasteiger partial charge in [0, 0.05) is 31.2 Å². The normalized spacial score (nSPS) is 33.9. The zero-order chi connectivity index (χ0) is 10.1. The number of rotatable bonds is 4. The Labute approximate surface area is 81.0 Å². The van der Waals surface area contributed by atoms with Gasteiger partial charge >= 0.3 is 0 Å². The molecule has 0 bridgehead atoms. The molecule has 1 fully saturated rings. The van der Waals surface area contributed by atoms with Crippen molar-refractivity contribution in [2.45, 2.75) is 45.4 Å². The standard InChI is InChI=1S/C10H22N2O/c1-7(6-11)12-8-5-9(13-4)10(8,2)3/h7-9,12H,5-6,11H2,1-4H3. The van der Waals surface area contributed by atoms with Gasteiger partial charge in [0.2, 0.25) is 0 Å². The molecule has 0 amide bonds. The Kier molecular flexibility index (Phi) is 3.33. The third-order valence-corrected chi connectivity index (χ3v) is 3.30. The Bertz CT molecular complexity index is 170. The fraction of sp³-hybridized carbons (Fsp3) is 1.00. The summed E-state index contributed by atoms with van der Waals surface area (Å²) in [6.45, 7) is 7.30. The van der Waals surface area contributed by atoms with E-state index in [0.717, 1.165) is 6.42 Å². The highest BCUT2D eigenvalue weighted by atomic mass is 16.5. The van der Waals surface area contributed by atoms with Crippen LogP contribution in [0, 0.1) is 5.41 Å². The van der Waals surface area contributed by atoms with Crippen LogP contribution in [-0.2, 0) is 4.74 Å². The highest BCUT2D eigenvalue weighted by Crippen LogP contribution is 2.42. The molecule has 0 radical (unpaired) electrons. The first-order chi connectivity index (χ1) is 6.02. The molecule has 0 aromatic heterocycles. The molecule has 1 rings (SSSR count). The molecule has 0 aliphatic heterocycles. The predicted molar refractivity (Wildman–Crippen MR) is 54.6 cm³/mol. The first-order valence-corrected chi connectivity index (χ1v) is 5.01. The van der Waals surface area contributed by atoms with E-state index in [1.807, 2.05) is 0 Å². The van der Waals surface area contributed by atoms with Crippen molar-refractivity contribution in [3.63, 3.8) is 0 Å². The van der Waals surface area contributed by atoms with Crippen LogP contribution in [-0.4, -0.2) is 31.8 Å². The number of ether oxygens (including phenoxy) is 1. The van der Waals surface area contributed by atoms with E-state index >= 15 is 0 Å². The van der Waals surface area contributed by atoms with Crippen LogP contribution in [0.3, 0.4) is 0 Å². The SMILES string of the molecule is COC1CC(NC(C)CN)C1(C)C. The van der Waals surface area contributed by atoms with Gasteiger partial charge in [0.05, 0.1) is 6.10 Å². The summed E-state index contributed by atoms with van der Waals surface area (Å²) < 4.78 is 5.38. The third kappa shape index (κ3) is 2.03.